The minimum absolute atomic E-state index is 0.218. The maximum absolute atomic E-state index is 14.2. The molecule has 0 aliphatic heterocycles. The van der Waals surface area contributed by atoms with E-state index < -0.39 is 5.82 Å². The zero-order chi connectivity index (χ0) is 15.0. The number of aromatic nitrogens is 4. The Kier molecular flexibility index (Phi) is 3.64. The summed E-state index contributed by atoms with van der Waals surface area (Å²) < 4.78 is 17.3. The maximum atomic E-state index is 14.2. The minimum Gasteiger partial charge on any atom is -0.330 e. The quantitative estimate of drug-likeness (QED) is 0.734. The molecule has 3 rings (SSSR count). The van der Waals surface area contributed by atoms with E-state index in [0.717, 1.165) is 0 Å². The summed E-state index contributed by atoms with van der Waals surface area (Å²) >= 11 is 1.35. The number of fused-ring (bicyclic) bond motifs is 3. The molecule has 2 heterocycles. The Balaban J connectivity index is 2.50. The summed E-state index contributed by atoms with van der Waals surface area (Å²) in [6, 6.07) is 4.47. The van der Waals surface area contributed by atoms with E-state index in [1.165, 1.54) is 28.5 Å². The van der Waals surface area contributed by atoms with Gasteiger partial charge in [0.25, 0.3) is 5.56 Å². The zero-order valence-electron chi connectivity index (χ0n) is 11.4. The van der Waals surface area contributed by atoms with Gasteiger partial charge in [0.1, 0.15) is 5.82 Å². The molecule has 6 nitrogen and oxygen atoms in total. The molecule has 3 aromatic rings. The maximum Gasteiger partial charge on any atom is 0.262 e. The molecule has 21 heavy (non-hydrogen) atoms. The van der Waals surface area contributed by atoms with Gasteiger partial charge in [-0.1, -0.05) is 17.8 Å². The fourth-order valence-electron chi connectivity index (χ4n) is 2.37. The summed E-state index contributed by atoms with van der Waals surface area (Å²) in [6.07, 6.45) is 2.47. The standard InChI is InChI=1S/C13H14FN5OS/c1-21-13-17-16-12-18(7-3-6-15)11(20)8-4-2-5-9(14)10(8)19(12)13/h2,4-5H,3,6-7,15H2,1H3. The minimum atomic E-state index is -0.462. The summed E-state index contributed by atoms with van der Waals surface area (Å²) in [5.41, 5.74) is 5.46. The Labute approximate surface area is 123 Å². The number of nitrogens with zero attached hydrogens (tertiary/aromatic N) is 4. The summed E-state index contributed by atoms with van der Waals surface area (Å²) in [6.45, 7) is 0.890. The number of hydrogen-bond donors (Lipinski definition) is 1. The second kappa shape index (κ2) is 5.45. The zero-order valence-corrected chi connectivity index (χ0v) is 12.2. The molecule has 2 aromatic heterocycles. The van der Waals surface area contributed by atoms with Gasteiger partial charge in [0.05, 0.1) is 10.9 Å². The molecule has 0 saturated carbocycles. The first-order valence-electron chi connectivity index (χ1n) is 6.49. The average molecular weight is 307 g/mol. The molecule has 0 spiro atoms. The van der Waals surface area contributed by atoms with Crippen molar-refractivity contribution in [2.45, 2.75) is 18.1 Å². The van der Waals surface area contributed by atoms with Gasteiger partial charge < -0.3 is 5.73 Å². The van der Waals surface area contributed by atoms with Gasteiger partial charge in [0, 0.05) is 6.54 Å². The number of thioether (sulfide) groups is 1. The monoisotopic (exact) mass is 307 g/mol. The van der Waals surface area contributed by atoms with Crippen LogP contribution in [-0.4, -0.2) is 32.0 Å². The van der Waals surface area contributed by atoms with Crippen LogP contribution < -0.4 is 11.3 Å². The Morgan fingerprint density at radius 3 is 2.90 bits per heavy atom. The SMILES string of the molecule is CSc1nnc2n(CCCN)c(=O)c3cccc(F)c3n12. The van der Waals surface area contributed by atoms with Crippen LogP contribution in [0.5, 0.6) is 0 Å². The van der Waals surface area contributed by atoms with Gasteiger partial charge in [-0.15, -0.1) is 10.2 Å². The van der Waals surface area contributed by atoms with Crippen LogP contribution in [0, 0.1) is 5.82 Å². The number of hydrogen-bond acceptors (Lipinski definition) is 5. The fraction of sp³-hybridized carbons (Fsp3) is 0.308. The molecule has 1 aromatic carbocycles. The molecule has 2 N–H and O–H groups in total. The molecule has 0 atom stereocenters. The van der Waals surface area contributed by atoms with Crippen molar-refractivity contribution in [1.29, 1.82) is 0 Å². The number of halogens is 1. The van der Waals surface area contributed by atoms with Gasteiger partial charge in [0.15, 0.2) is 5.16 Å². The number of rotatable bonds is 4. The lowest BCUT2D eigenvalue weighted by molar-refractivity contribution is 0.620. The van der Waals surface area contributed by atoms with E-state index in [1.807, 2.05) is 6.26 Å². The molecular weight excluding hydrogens is 293 g/mol. The highest BCUT2D eigenvalue weighted by Gasteiger charge is 2.18. The first-order valence-corrected chi connectivity index (χ1v) is 7.71. The number of nitrogens with two attached hydrogens (primary N) is 1. The molecule has 0 fully saturated rings. The molecular formula is C13H14FN5OS. The molecule has 110 valence electrons. The van der Waals surface area contributed by atoms with Crippen LogP contribution in [0.15, 0.2) is 28.2 Å². The van der Waals surface area contributed by atoms with E-state index in [4.69, 9.17) is 5.73 Å². The van der Waals surface area contributed by atoms with E-state index in [-0.39, 0.29) is 11.1 Å². The van der Waals surface area contributed by atoms with Crippen LogP contribution in [0.25, 0.3) is 16.7 Å². The summed E-state index contributed by atoms with van der Waals surface area (Å²) in [5.74, 6) is -0.119. The smallest absolute Gasteiger partial charge is 0.262 e. The van der Waals surface area contributed by atoms with Crippen molar-refractivity contribution in [2.75, 3.05) is 12.8 Å². The first-order chi connectivity index (χ1) is 10.2. The summed E-state index contributed by atoms with van der Waals surface area (Å²) in [7, 11) is 0. The van der Waals surface area contributed by atoms with Crippen LogP contribution in [0.3, 0.4) is 0 Å². The van der Waals surface area contributed by atoms with E-state index in [2.05, 4.69) is 10.2 Å². The van der Waals surface area contributed by atoms with Gasteiger partial charge >= 0.3 is 0 Å². The topological polar surface area (TPSA) is 78.2 Å². The Bertz CT molecular complexity index is 872. The normalized spacial score (nSPS) is 11.6. The predicted molar refractivity (Wildman–Crippen MR) is 80.2 cm³/mol. The highest BCUT2D eigenvalue weighted by atomic mass is 32.2. The molecule has 0 radical (unpaired) electrons. The molecule has 0 unspecified atom stereocenters. The van der Waals surface area contributed by atoms with Gasteiger partial charge in [-0.2, -0.15) is 0 Å². The van der Waals surface area contributed by atoms with E-state index in [1.54, 1.807) is 10.5 Å². The highest BCUT2D eigenvalue weighted by molar-refractivity contribution is 7.98. The largest absolute Gasteiger partial charge is 0.330 e. The second-order valence-electron chi connectivity index (χ2n) is 4.56. The van der Waals surface area contributed by atoms with Gasteiger partial charge in [-0.25, -0.2) is 4.39 Å². The van der Waals surface area contributed by atoms with Crippen LogP contribution in [0.1, 0.15) is 6.42 Å². The molecule has 0 aliphatic rings. The lowest BCUT2D eigenvalue weighted by Crippen LogP contribution is -2.25. The third-order valence-corrected chi connectivity index (χ3v) is 3.94. The van der Waals surface area contributed by atoms with Gasteiger partial charge in [0.2, 0.25) is 5.78 Å². The van der Waals surface area contributed by atoms with Gasteiger partial charge in [-0.3, -0.25) is 13.8 Å². The Morgan fingerprint density at radius 1 is 1.38 bits per heavy atom. The summed E-state index contributed by atoms with van der Waals surface area (Å²) in [5, 5.41) is 8.93. The first kappa shape index (κ1) is 14.0. The number of para-hydroxylation sites is 1. The lowest BCUT2D eigenvalue weighted by atomic mass is 10.2. The van der Waals surface area contributed by atoms with E-state index >= 15 is 0 Å². The van der Waals surface area contributed by atoms with Crippen molar-refractivity contribution >= 4 is 28.4 Å². The second-order valence-corrected chi connectivity index (χ2v) is 5.33. The van der Waals surface area contributed by atoms with E-state index in [9.17, 15) is 9.18 Å². The van der Waals surface area contributed by atoms with Crippen LogP contribution >= 0.6 is 11.8 Å². The van der Waals surface area contributed by atoms with Crippen molar-refractivity contribution in [3.63, 3.8) is 0 Å². The summed E-state index contributed by atoms with van der Waals surface area (Å²) in [4.78, 5) is 12.6. The Morgan fingerprint density at radius 2 is 2.19 bits per heavy atom. The van der Waals surface area contributed by atoms with Crippen molar-refractivity contribution in [1.82, 2.24) is 19.2 Å². The lowest BCUT2D eigenvalue weighted by Gasteiger charge is -2.10. The molecule has 0 aliphatic carbocycles. The predicted octanol–water partition coefficient (Wildman–Crippen LogP) is 1.25. The fourth-order valence-corrected chi connectivity index (χ4v) is 2.85. The highest BCUT2D eigenvalue weighted by Crippen LogP contribution is 2.21. The van der Waals surface area contributed by atoms with E-state index in [0.29, 0.717) is 35.8 Å². The molecule has 8 heteroatoms. The van der Waals surface area contributed by atoms with Crippen molar-refractivity contribution in [2.24, 2.45) is 5.73 Å². The molecule has 0 saturated heterocycles. The van der Waals surface area contributed by atoms with Crippen molar-refractivity contribution in [3.8, 4) is 0 Å². The third-order valence-electron chi connectivity index (χ3n) is 3.31. The van der Waals surface area contributed by atoms with Crippen molar-refractivity contribution in [3.05, 3.63) is 34.4 Å². The Hall–Kier alpha value is -1.93. The average Bonchev–Trinajstić information content (AvgIpc) is 2.91. The number of aryl methyl sites for hydroxylation is 1. The third kappa shape index (κ3) is 2.11. The van der Waals surface area contributed by atoms with Crippen LogP contribution in [0.4, 0.5) is 4.39 Å². The van der Waals surface area contributed by atoms with Crippen LogP contribution in [-0.2, 0) is 6.54 Å². The number of benzene rings is 1. The van der Waals surface area contributed by atoms with Gasteiger partial charge in [-0.05, 0) is 31.4 Å². The van der Waals surface area contributed by atoms with Crippen molar-refractivity contribution < 1.29 is 4.39 Å². The molecule has 0 bridgehead atoms. The molecule has 0 amide bonds. The van der Waals surface area contributed by atoms with Crippen LogP contribution in [0.2, 0.25) is 0 Å².